The SMILES string of the molecule is COC(=O)C[C@H]1CN(CC#Cc2cccs2)CC[C@H]1CCC(O)c1ccnc2ccc(OC)cc12.Cl.Cl. The van der Waals surface area contributed by atoms with Gasteiger partial charge in [-0.2, -0.15) is 0 Å². The maximum Gasteiger partial charge on any atom is 0.305 e. The summed E-state index contributed by atoms with van der Waals surface area (Å²) in [5.41, 5.74) is 1.70. The third kappa shape index (κ3) is 8.33. The first-order valence-electron chi connectivity index (χ1n) is 12.0. The predicted molar refractivity (Wildman–Crippen MR) is 153 cm³/mol. The van der Waals surface area contributed by atoms with E-state index in [-0.39, 0.29) is 36.7 Å². The number of esters is 1. The molecular formula is C28H34Cl2N2O4S. The number of aromatic nitrogens is 1. The second-order valence-electron chi connectivity index (χ2n) is 8.98. The molecule has 6 nitrogen and oxygen atoms in total. The van der Waals surface area contributed by atoms with E-state index in [9.17, 15) is 9.90 Å². The summed E-state index contributed by atoms with van der Waals surface area (Å²) in [6, 6.07) is 11.6. The molecule has 9 heteroatoms. The smallest absolute Gasteiger partial charge is 0.305 e. The van der Waals surface area contributed by atoms with E-state index in [0.29, 0.717) is 25.3 Å². The van der Waals surface area contributed by atoms with Gasteiger partial charge in [0.25, 0.3) is 0 Å². The third-order valence-corrected chi connectivity index (χ3v) is 7.61. The van der Waals surface area contributed by atoms with E-state index >= 15 is 0 Å². The predicted octanol–water partition coefficient (Wildman–Crippen LogP) is 5.52. The van der Waals surface area contributed by atoms with E-state index in [1.807, 2.05) is 41.8 Å². The first-order chi connectivity index (χ1) is 17.1. The van der Waals surface area contributed by atoms with Crippen LogP contribution in [0.3, 0.4) is 0 Å². The van der Waals surface area contributed by atoms with Gasteiger partial charge in [-0.25, -0.2) is 0 Å². The zero-order chi connectivity index (χ0) is 24.6. The van der Waals surface area contributed by atoms with Gasteiger partial charge in [0.2, 0.25) is 0 Å². The molecule has 4 rings (SSSR count). The molecule has 3 atom stereocenters. The van der Waals surface area contributed by atoms with Gasteiger partial charge >= 0.3 is 5.97 Å². The largest absolute Gasteiger partial charge is 0.497 e. The van der Waals surface area contributed by atoms with Gasteiger partial charge < -0.3 is 14.6 Å². The van der Waals surface area contributed by atoms with Crippen LogP contribution in [0.5, 0.6) is 5.75 Å². The maximum atomic E-state index is 12.1. The number of likely N-dealkylation sites (tertiary alicyclic amines) is 1. The van der Waals surface area contributed by atoms with Crippen LogP contribution in [0.25, 0.3) is 10.9 Å². The van der Waals surface area contributed by atoms with E-state index in [1.165, 1.54) is 7.11 Å². The van der Waals surface area contributed by atoms with Crippen molar-refractivity contribution in [1.82, 2.24) is 9.88 Å². The fraction of sp³-hybridized carbons (Fsp3) is 0.429. The lowest BCUT2D eigenvalue weighted by molar-refractivity contribution is -0.142. The Kier molecular flexibility index (Phi) is 12.7. The number of aliphatic hydroxyl groups is 1. The van der Waals surface area contributed by atoms with Crippen molar-refractivity contribution in [2.24, 2.45) is 11.8 Å². The number of hydrogen-bond donors (Lipinski definition) is 1. The third-order valence-electron chi connectivity index (χ3n) is 6.82. The van der Waals surface area contributed by atoms with Crippen molar-refractivity contribution in [3.63, 3.8) is 0 Å². The van der Waals surface area contributed by atoms with Gasteiger partial charge in [-0.15, -0.1) is 36.2 Å². The van der Waals surface area contributed by atoms with Gasteiger partial charge in [0.1, 0.15) is 5.75 Å². The highest BCUT2D eigenvalue weighted by atomic mass is 35.5. The Labute approximate surface area is 235 Å². The molecule has 0 aliphatic carbocycles. The molecule has 0 saturated carbocycles. The normalized spacial score (nSPS) is 18.0. The molecule has 0 amide bonds. The number of piperidine rings is 1. The van der Waals surface area contributed by atoms with Crippen molar-refractivity contribution in [2.75, 3.05) is 33.9 Å². The highest BCUT2D eigenvalue weighted by Gasteiger charge is 2.31. The molecular weight excluding hydrogens is 531 g/mol. The lowest BCUT2D eigenvalue weighted by Gasteiger charge is -2.38. The summed E-state index contributed by atoms with van der Waals surface area (Å²) in [6.07, 6.45) is 3.95. The number of hydrogen-bond acceptors (Lipinski definition) is 7. The first kappa shape index (κ1) is 30.9. The second kappa shape index (κ2) is 15.2. The minimum Gasteiger partial charge on any atom is -0.497 e. The van der Waals surface area contributed by atoms with Crippen LogP contribution in [-0.2, 0) is 9.53 Å². The molecule has 1 aliphatic rings. The number of rotatable bonds is 8. The number of benzene rings is 1. The Morgan fingerprint density at radius 3 is 2.81 bits per heavy atom. The van der Waals surface area contributed by atoms with Crippen molar-refractivity contribution >= 4 is 53.0 Å². The summed E-state index contributed by atoms with van der Waals surface area (Å²) < 4.78 is 10.3. The van der Waals surface area contributed by atoms with E-state index in [4.69, 9.17) is 9.47 Å². The number of thiophene rings is 1. The van der Waals surface area contributed by atoms with Gasteiger partial charge in [0, 0.05) is 24.5 Å². The Hall–Kier alpha value is -2.34. The Bertz CT molecular complexity index is 1200. The number of fused-ring (bicyclic) bond motifs is 1. The van der Waals surface area contributed by atoms with E-state index in [1.54, 1.807) is 24.6 Å². The number of nitrogens with zero attached hydrogens (tertiary/aromatic N) is 2. The number of carbonyl (C=O) groups is 1. The molecule has 0 bridgehead atoms. The number of carbonyl (C=O) groups excluding carboxylic acids is 1. The number of ether oxygens (including phenoxy) is 2. The van der Waals surface area contributed by atoms with Crippen LogP contribution in [0.15, 0.2) is 48.0 Å². The van der Waals surface area contributed by atoms with Crippen LogP contribution >= 0.6 is 36.2 Å². The molecule has 1 N–H and O–H groups in total. The standard InChI is InChI=1S/C28H32N2O4S.2ClH/c1-33-22-8-9-26-25(18-22)24(11-13-29-26)27(31)10-7-20-12-15-30(19-21(20)17-28(32)34-2)14-3-5-23-6-4-16-35-23;;/h4,6,8-9,11,13,16,18,20-21,27,31H,7,10,12,14-15,17,19H2,1-2H3;2*1H/t20-,21+,27?;;/m1../s1. The van der Waals surface area contributed by atoms with Crippen LogP contribution in [0.2, 0.25) is 0 Å². The number of aliphatic hydroxyl groups excluding tert-OH is 1. The van der Waals surface area contributed by atoms with Crippen molar-refractivity contribution < 1.29 is 19.4 Å². The van der Waals surface area contributed by atoms with Crippen LogP contribution in [-0.4, -0.2) is 54.8 Å². The summed E-state index contributed by atoms with van der Waals surface area (Å²) in [4.78, 5) is 19.9. The summed E-state index contributed by atoms with van der Waals surface area (Å²) >= 11 is 1.64. The molecule has 37 heavy (non-hydrogen) atoms. The van der Waals surface area contributed by atoms with Crippen LogP contribution in [0, 0.1) is 23.7 Å². The monoisotopic (exact) mass is 564 g/mol. The van der Waals surface area contributed by atoms with E-state index in [0.717, 1.165) is 53.0 Å². The van der Waals surface area contributed by atoms with Crippen LogP contribution in [0.4, 0.5) is 0 Å². The van der Waals surface area contributed by atoms with Crippen LogP contribution < -0.4 is 4.74 Å². The van der Waals surface area contributed by atoms with Crippen LogP contribution in [0.1, 0.15) is 42.2 Å². The molecule has 1 aromatic carbocycles. The Morgan fingerprint density at radius 1 is 1.24 bits per heavy atom. The quantitative estimate of drug-likeness (QED) is 0.287. The lowest BCUT2D eigenvalue weighted by Crippen LogP contribution is -2.41. The molecule has 2 aromatic heterocycles. The fourth-order valence-electron chi connectivity index (χ4n) is 4.89. The summed E-state index contributed by atoms with van der Waals surface area (Å²) in [5.74, 6) is 7.57. The second-order valence-corrected chi connectivity index (χ2v) is 9.93. The Balaban J connectivity index is 0.00000241. The van der Waals surface area contributed by atoms with E-state index in [2.05, 4.69) is 21.7 Å². The van der Waals surface area contributed by atoms with Gasteiger partial charge in [-0.05, 0) is 78.9 Å². The molecule has 0 spiro atoms. The molecule has 0 radical (unpaired) electrons. The van der Waals surface area contributed by atoms with Gasteiger partial charge in [-0.3, -0.25) is 14.7 Å². The highest BCUT2D eigenvalue weighted by Crippen LogP contribution is 2.34. The first-order valence-corrected chi connectivity index (χ1v) is 12.9. The lowest BCUT2D eigenvalue weighted by atomic mass is 9.79. The average Bonchev–Trinajstić information content (AvgIpc) is 3.40. The molecule has 3 heterocycles. The maximum absolute atomic E-state index is 12.1. The molecule has 1 unspecified atom stereocenters. The van der Waals surface area contributed by atoms with Gasteiger partial charge in [-0.1, -0.05) is 17.9 Å². The van der Waals surface area contributed by atoms with Crippen molar-refractivity contribution in [3.8, 4) is 17.6 Å². The van der Waals surface area contributed by atoms with Gasteiger partial charge in [0.05, 0.1) is 37.3 Å². The average molecular weight is 566 g/mol. The molecule has 1 saturated heterocycles. The number of halogens is 2. The van der Waals surface area contributed by atoms with E-state index < -0.39 is 6.10 Å². The minimum absolute atomic E-state index is 0. The molecule has 3 aromatic rings. The topological polar surface area (TPSA) is 71.9 Å². The van der Waals surface area contributed by atoms with Crippen molar-refractivity contribution in [2.45, 2.75) is 31.8 Å². The Morgan fingerprint density at radius 2 is 2.08 bits per heavy atom. The zero-order valence-electron chi connectivity index (χ0n) is 21.1. The summed E-state index contributed by atoms with van der Waals surface area (Å²) in [6.45, 7) is 2.44. The summed E-state index contributed by atoms with van der Waals surface area (Å²) in [7, 11) is 3.08. The molecule has 200 valence electrons. The number of methoxy groups -OCH3 is 2. The minimum atomic E-state index is -0.610. The van der Waals surface area contributed by atoms with Crippen molar-refractivity contribution in [1.29, 1.82) is 0 Å². The number of pyridine rings is 1. The molecule has 1 fully saturated rings. The highest BCUT2D eigenvalue weighted by molar-refractivity contribution is 7.10. The zero-order valence-corrected chi connectivity index (χ0v) is 23.5. The molecule has 1 aliphatic heterocycles. The summed E-state index contributed by atoms with van der Waals surface area (Å²) in [5, 5.41) is 14.0. The van der Waals surface area contributed by atoms with Gasteiger partial charge in [0.15, 0.2) is 0 Å². The van der Waals surface area contributed by atoms with Crippen molar-refractivity contribution in [3.05, 3.63) is 58.4 Å². The fourth-order valence-corrected chi connectivity index (χ4v) is 5.48.